The lowest BCUT2D eigenvalue weighted by Gasteiger charge is -2.12. The normalized spacial score (nSPS) is 11.8. The topological polar surface area (TPSA) is 4.93 Å². The summed E-state index contributed by atoms with van der Waals surface area (Å²) in [5, 5.41) is 7.90. The lowest BCUT2D eigenvalue weighted by Crippen LogP contribution is -1.94. The summed E-state index contributed by atoms with van der Waals surface area (Å²) in [7, 11) is 0. The molecule has 0 fully saturated rings. The second kappa shape index (κ2) is 9.17. The molecular formula is C40H25NS. The quantitative estimate of drug-likeness (QED) is 0.206. The average Bonchev–Trinajstić information content (AvgIpc) is 3.63. The molecule has 1 nitrogen and oxygen atoms in total. The van der Waals surface area contributed by atoms with Crippen molar-refractivity contribution < 1.29 is 0 Å². The van der Waals surface area contributed by atoms with E-state index in [2.05, 4.69) is 156 Å². The Kier molecular flexibility index (Phi) is 5.13. The Morgan fingerprint density at radius 3 is 1.74 bits per heavy atom. The van der Waals surface area contributed by atoms with Crippen molar-refractivity contribution in [2.75, 3.05) is 0 Å². The van der Waals surface area contributed by atoms with Crippen LogP contribution in [0.25, 0.3) is 80.7 Å². The minimum atomic E-state index is 1.18. The number of rotatable bonds is 3. The smallest absolute Gasteiger partial charge is 0.0640 e. The monoisotopic (exact) mass is 551 g/mol. The zero-order valence-corrected chi connectivity index (χ0v) is 23.6. The van der Waals surface area contributed by atoms with E-state index >= 15 is 0 Å². The van der Waals surface area contributed by atoms with Crippen LogP contribution in [0.3, 0.4) is 0 Å². The number of fused-ring (bicyclic) bond motifs is 10. The summed E-state index contributed by atoms with van der Waals surface area (Å²) in [6, 6.07) is 55.1. The van der Waals surface area contributed by atoms with Crippen LogP contribution < -0.4 is 0 Å². The van der Waals surface area contributed by atoms with Gasteiger partial charge in [0, 0.05) is 42.0 Å². The largest absolute Gasteiger partial charge is 0.309 e. The van der Waals surface area contributed by atoms with E-state index in [4.69, 9.17) is 0 Å². The van der Waals surface area contributed by atoms with Gasteiger partial charge in [-0.25, -0.2) is 0 Å². The molecule has 0 bridgehead atoms. The number of para-hydroxylation sites is 1. The van der Waals surface area contributed by atoms with Crippen molar-refractivity contribution in [1.82, 2.24) is 4.57 Å². The second-order valence-electron chi connectivity index (χ2n) is 10.9. The Morgan fingerprint density at radius 2 is 0.976 bits per heavy atom. The first-order chi connectivity index (χ1) is 20.9. The highest BCUT2D eigenvalue weighted by Crippen LogP contribution is 2.49. The Balaban J connectivity index is 1.46. The van der Waals surface area contributed by atoms with E-state index in [0.29, 0.717) is 0 Å². The summed E-state index contributed by atoms with van der Waals surface area (Å²) in [4.78, 5) is 0. The van der Waals surface area contributed by atoms with E-state index in [9.17, 15) is 0 Å². The van der Waals surface area contributed by atoms with Gasteiger partial charge in [-0.15, -0.1) is 11.3 Å². The zero-order chi connectivity index (χ0) is 27.6. The highest BCUT2D eigenvalue weighted by atomic mass is 32.1. The third-order valence-corrected chi connectivity index (χ3v) is 9.86. The van der Waals surface area contributed by atoms with Crippen LogP contribution in [0.15, 0.2) is 152 Å². The maximum atomic E-state index is 2.50. The van der Waals surface area contributed by atoms with Crippen LogP contribution in [0.1, 0.15) is 0 Å². The highest BCUT2D eigenvalue weighted by Gasteiger charge is 2.22. The second-order valence-corrected chi connectivity index (χ2v) is 11.9. The number of hydrogen-bond acceptors (Lipinski definition) is 1. The average molecular weight is 552 g/mol. The maximum absolute atomic E-state index is 2.50. The fourth-order valence-corrected chi connectivity index (χ4v) is 8.12. The Morgan fingerprint density at radius 1 is 0.381 bits per heavy atom. The third kappa shape index (κ3) is 3.36. The van der Waals surface area contributed by atoms with E-state index < -0.39 is 0 Å². The van der Waals surface area contributed by atoms with Gasteiger partial charge in [0.2, 0.25) is 0 Å². The van der Waals surface area contributed by atoms with Crippen LogP contribution in [0, 0.1) is 0 Å². The zero-order valence-electron chi connectivity index (χ0n) is 22.8. The molecule has 9 rings (SSSR count). The van der Waals surface area contributed by atoms with Gasteiger partial charge in [-0.3, -0.25) is 0 Å². The predicted octanol–water partition coefficient (Wildman–Crippen LogP) is 11.6. The third-order valence-electron chi connectivity index (χ3n) is 8.59. The molecule has 0 unspecified atom stereocenters. The molecule has 9 aromatic rings. The van der Waals surface area contributed by atoms with Gasteiger partial charge in [0.15, 0.2) is 0 Å². The van der Waals surface area contributed by atoms with Gasteiger partial charge in [-0.05, 0) is 45.8 Å². The molecule has 196 valence electrons. The number of thiophene rings is 1. The van der Waals surface area contributed by atoms with Gasteiger partial charge in [0.25, 0.3) is 0 Å². The molecule has 0 N–H and O–H groups in total. The molecular weight excluding hydrogens is 527 g/mol. The predicted molar refractivity (Wildman–Crippen MR) is 182 cm³/mol. The molecule has 0 amide bonds. The van der Waals surface area contributed by atoms with Gasteiger partial charge in [-0.2, -0.15) is 0 Å². The maximum Gasteiger partial charge on any atom is 0.0640 e. The number of aromatic nitrogens is 1. The van der Waals surface area contributed by atoms with Crippen molar-refractivity contribution >= 4 is 64.1 Å². The van der Waals surface area contributed by atoms with Crippen LogP contribution in [0.4, 0.5) is 0 Å². The van der Waals surface area contributed by atoms with E-state index in [0.717, 1.165) is 0 Å². The van der Waals surface area contributed by atoms with Crippen LogP contribution in [0.5, 0.6) is 0 Å². The van der Waals surface area contributed by atoms with Crippen molar-refractivity contribution in [3.63, 3.8) is 0 Å². The summed E-state index contributed by atoms with van der Waals surface area (Å²) in [6.07, 6.45) is 0. The summed E-state index contributed by atoms with van der Waals surface area (Å²) < 4.78 is 5.18. The molecule has 0 aliphatic rings. The number of hydrogen-bond donors (Lipinski definition) is 0. The summed E-state index contributed by atoms with van der Waals surface area (Å²) in [6.45, 7) is 0. The molecule has 0 spiro atoms. The minimum Gasteiger partial charge on any atom is -0.309 e. The summed E-state index contributed by atoms with van der Waals surface area (Å²) >= 11 is 1.93. The van der Waals surface area contributed by atoms with Gasteiger partial charge >= 0.3 is 0 Å². The molecule has 2 heteroatoms. The molecule has 0 atom stereocenters. The van der Waals surface area contributed by atoms with Crippen LogP contribution in [-0.2, 0) is 0 Å². The van der Waals surface area contributed by atoms with Crippen molar-refractivity contribution in [2.24, 2.45) is 0 Å². The van der Waals surface area contributed by atoms with Gasteiger partial charge in [0.05, 0.1) is 11.0 Å². The molecule has 42 heavy (non-hydrogen) atoms. The molecule has 7 aromatic carbocycles. The summed E-state index contributed by atoms with van der Waals surface area (Å²) in [5.41, 5.74) is 8.70. The van der Waals surface area contributed by atoms with Crippen molar-refractivity contribution in [3.05, 3.63) is 152 Å². The lowest BCUT2D eigenvalue weighted by molar-refractivity contribution is 1.19. The van der Waals surface area contributed by atoms with Crippen molar-refractivity contribution in [3.8, 4) is 27.9 Å². The Bertz CT molecular complexity index is 2430. The first-order valence-corrected chi connectivity index (χ1v) is 15.2. The van der Waals surface area contributed by atoms with Crippen LogP contribution in [0.2, 0.25) is 0 Å². The van der Waals surface area contributed by atoms with E-state index in [-0.39, 0.29) is 0 Å². The molecule has 0 saturated carbocycles. The Labute approximate surface area is 247 Å². The van der Waals surface area contributed by atoms with Crippen LogP contribution >= 0.6 is 11.3 Å². The molecule has 2 aromatic heterocycles. The van der Waals surface area contributed by atoms with E-state index in [1.807, 2.05) is 11.3 Å². The fraction of sp³-hybridized carbons (Fsp3) is 0. The molecule has 2 heterocycles. The minimum absolute atomic E-state index is 1.18. The van der Waals surface area contributed by atoms with E-state index in [1.54, 1.807) is 0 Å². The first-order valence-electron chi connectivity index (χ1n) is 14.4. The number of benzene rings is 7. The number of nitrogens with zero attached hydrogens (tertiary/aromatic N) is 1. The fourth-order valence-electron chi connectivity index (χ4n) is 6.74. The highest BCUT2D eigenvalue weighted by molar-refractivity contribution is 7.27. The molecule has 0 radical (unpaired) electrons. The standard InChI is InChI=1S/C40H25NS/c1-3-12-26(13-4-1)27-22-24-29(25-23-27)41-35-21-10-9-18-33(35)36-31-16-7-8-17-32(31)40-37(38(36)41)34-20-11-19-30(39(34)42-40)28-14-5-2-6-15-28/h1-25H. The van der Waals surface area contributed by atoms with E-state index in [1.165, 1.54) is 80.7 Å². The first kappa shape index (κ1) is 23.5. The van der Waals surface area contributed by atoms with Gasteiger partial charge in [0.1, 0.15) is 0 Å². The Hall–Kier alpha value is -5.18. The SMILES string of the molecule is c1ccc(-c2ccc(-n3c4ccccc4c4c5ccccc5c5sc6c(-c7ccccc7)cccc6c5c43)cc2)cc1. The summed E-state index contributed by atoms with van der Waals surface area (Å²) in [5.74, 6) is 0. The molecule has 0 saturated heterocycles. The molecule has 0 aliphatic carbocycles. The van der Waals surface area contributed by atoms with Crippen molar-refractivity contribution in [1.29, 1.82) is 0 Å². The lowest BCUT2D eigenvalue weighted by atomic mass is 9.98. The molecule has 0 aliphatic heterocycles. The van der Waals surface area contributed by atoms with Crippen molar-refractivity contribution in [2.45, 2.75) is 0 Å². The van der Waals surface area contributed by atoms with Crippen LogP contribution in [-0.4, -0.2) is 4.57 Å². The van der Waals surface area contributed by atoms with Gasteiger partial charge in [-0.1, -0.05) is 133 Å². The van der Waals surface area contributed by atoms with Gasteiger partial charge < -0.3 is 4.57 Å².